The van der Waals surface area contributed by atoms with Crippen LogP contribution in [0.5, 0.6) is 23.0 Å². The van der Waals surface area contributed by atoms with Gasteiger partial charge in [-0.25, -0.2) is 9.97 Å². The predicted octanol–water partition coefficient (Wildman–Crippen LogP) is 13.4. The molecule has 8 aromatic carbocycles. The van der Waals surface area contributed by atoms with Crippen LogP contribution in [0.15, 0.2) is 206 Å². The Morgan fingerprint density at radius 1 is 0.351 bits per heavy atom. The molecule has 2 heterocycles. The smallest absolute Gasteiger partial charge is 0.178 e. The van der Waals surface area contributed by atoms with Crippen molar-refractivity contribution in [1.29, 1.82) is 0 Å². The summed E-state index contributed by atoms with van der Waals surface area (Å²) < 4.78 is 13.7. The molecule has 4 nitrogen and oxygen atoms in total. The fourth-order valence-electron chi connectivity index (χ4n) is 8.75. The molecule has 0 amide bonds. The van der Waals surface area contributed by atoms with Crippen LogP contribution in [-0.4, -0.2) is 9.97 Å². The van der Waals surface area contributed by atoms with Crippen molar-refractivity contribution in [3.63, 3.8) is 0 Å². The van der Waals surface area contributed by atoms with Crippen LogP contribution in [0.3, 0.4) is 0 Å². The average molecular weight is 731 g/mol. The molecule has 268 valence electrons. The third-order valence-electron chi connectivity index (χ3n) is 11.3. The first kappa shape index (κ1) is 32.8. The third kappa shape index (κ3) is 5.30. The molecule has 0 saturated carbocycles. The maximum Gasteiger partial charge on any atom is 0.178 e. The number of nitrogens with zero attached hydrogens (tertiary/aromatic N) is 2. The molecule has 57 heavy (non-hydrogen) atoms. The highest BCUT2D eigenvalue weighted by molar-refractivity contribution is 5.92. The van der Waals surface area contributed by atoms with Crippen molar-refractivity contribution in [3.05, 3.63) is 229 Å². The molecule has 2 aliphatic rings. The van der Waals surface area contributed by atoms with Crippen LogP contribution in [0.4, 0.5) is 0 Å². The summed E-state index contributed by atoms with van der Waals surface area (Å²) >= 11 is 0. The van der Waals surface area contributed by atoms with E-state index in [0.717, 1.165) is 56.1 Å². The zero-order valence-electron chi connectivity index (χ0n) is 30.8. The molecule has 0 radical (unpaired) electrons. The minimum absolute atomic E-state index is 0.539. The molecule has 4 heteroatoms. The fourth-order valence-corrected chi connectivity index (χ4v) is 8.75. The second-order valence-electron chi connectivity index (χ2n) is 14.4. The highest BCUT2D eigenvalue weighted by Gasteiger charge is 2.48. The first-order chi connectivity index (χ1) is 28.3. The van der Waals surface area contributed by atoms with Gasteiger partial charge >= 0.3 is 0 Å². The second kappa shape index (κ2) is 13.3. The Kier molecular flexibility index (Phi) is 7.68. The third-order valence-corrected chi connectivity index (χ3v) is 11.3. The minimum atomic E-state index is -0.539. The Bertz CT molecular complexity index is 2850. The summed E-state index contributed by atoms with van der Waals surface area (Å²) in [5.74, 6) is 3.44. The van der Waals surface area contributed by atoms with E-state index in [0.29, 0.717) is 23.1 Å². The summed E-state index contributed by atoms with van der Waals surface area (Å²) in [5, 5.41) is 0. The quantitative estimate of drug-likeness (QED) is 0.171. The van der Waals surface area contributed by atoms with Crippen LogP contribution in [0.2, 0.25) is 0 Å². The monoisotopic (exact) mass is 730 g/mol. The highest BCUT2D eigenvalue weighted by Crippen LogP contribution is 2.62. The topological polar surface area (TPSA) is 44.2 Å². The van der Waals surface area contributed by atoms with E-state index in [-0.39, 0.29) is 0 Å². The normalized spacial score (nSPS) is 13.0. The van der Waals surface area contributed by atoms with Crippen molar-refractivity contribution in [2.24, 2.45) is 0 Å². The molecule has 0 spiro atoms. The lowest BCUT2D eigenvalue weighted by atomic mass is 9.68. The molecule has 1 aliphatic heterocycles. The summed E-state index contributed by atoms with van der Waals surface area (Å²) in [7, 11) is 0. The molecule has 9 aromatic rings. The number of ether oxygens (including phenoxy) is 2. The van der Waals surface area contributed by atoms with Crippen LogP contribution >= 0.6 is 0 Å². The standard InChI is InChI=1S/C53H34N2O2/c1-5-17-35(18-6-1)45-34-46(55-52(54-45)36-19-7-2-8-20-36)41-26-14-13-25-40(41)37-29-31-47-49(33-37)57-51-48(56-47)32-30-44-50(51)42-27-15-16-28-43(42)53(44,38-21-9-3-10-22-38)39-23-11-4-12-24-39/h1-34H. The molecule has 0 atom stereocenters. The Labute approximate surface area is 331 Å². The minimum Gasteiger partial charge on any atom is -0.449 e. The molecule has 0 fully saturated rings. The molecule has 1 aliphatic carbocycles. The molecule has 0 bridgehead atoms. The van der Waals surface area contributed by atoms with Gasteiger partial charge in [0.25, 0.3) is 0 Å². The molecule has 1 aromatic heterocycles. The first-order valence-corrected chi connectivity index (χ1v) is 19.2. The number of hydrogen-bond donors (Lipinski definition) is 0. The Morgan fingerprint density at radius 3 is 1.61 bits per heavy atom. The van der Waals surface area contributed by atoms with Crippen LogP contribution in [0.25, 0.3) is 56.2 Å². The number of rotatable bonds is 6. The van der Waals surface area contributed by atoms with Gasteiger partial charge < -0.3 is 9.47 Å². The van der Waals surface area contributed by atoms with Gasteiger partial charge in [-0.3, -0.25) is 0 Å². The van der Waals surface area contributed by atoms with E-state index in [1.54, 1.807) is 0 Å². The van der Waals surface area contributed by atoms with Crippen molar-refractivity contribution in [1.82, 2.24) is 9.97 Å². The van der Waals surface area contributed by atoms with Gasteiger partial charge in [0.2, 0.25) is 0 Å². The zero-order chi connectivity index (χ0) is 37.8. The summed E-state index contributed by atoms with van der Waals surface area (Å²) in [4.78, 5) is 10.2. The fraction of sp³-hybridized carbons (Fsp3) is 0.0189. The van der Waals surface area contributed by atoms with E-state index in [1.807, 2.05) is 42.5 Å². The number of fused-ring (bicyclic) bond motifs is 6. The highest BCUT2D eigenvalue weighted by atomic mass is 16.6. The molecular weight excluding hydrogens is 697 g/mol. The molecular formula is C53H34N2O2. The van der Waals surface area contributed by atoms with Crippen molar-refractivity contribution in [3.8, 4) is 79.2 Å². The van der Waals surface area contributed by atoms with Crippen LogP contribution < -0.4 is 9.47 Å². The van der Waals surface area contributed by atoms with Gasteiger partial charge in [-0.15, -0.1) is 0 Å². The SMILES string of the molecule is c1ccc(-c2cc(-c3ccccc3-c3ccc4c(c3)Oc3c(ccc5c3-c3ccccc3C5(c3ccccc3)c3ccccc3)O4)nc(-c3ccccc3)n2)cc1. The lowest BCUT2D eigenvalue weighted by Crippen LogP contribution is -2.28. The summed E-state index contributed by atoms with van der Waals surface area (Å²) in [6, 6.07) is 71.7. The Hall–Kier alpha value is -7.56. The van der Waals surface area contributed by atoms with E-state index in [1.165, 1.54) is 22.3 Å². The van der Waals surface area contributed by atoms with Gasteiger partial charge in [-0.2, -0.15) is 0 Å². The van der Waals surface area contributed by atoms with Gasteiger partial charge in [0.1, 0.15) is 0 Å². The van der Waals surface area contributed by atoms with Crippen LogP contribution in [0.1, 0.15) is 22.3 Å². The summed E-state index contributed by atoms with van der Waals surface area (Å²) in [6.45, 7) is 0. The Balaban J connectivity index is 1.05. The van der Waals surface area contributed by atoms with E-state index >= 15 is 0 Å². The number of aromatic nitrogens is 2. The summed E-state index contributed by atoms with van der Waals surface area (Å²) in [5.41, 5.74) is 13.2. The lowest BCUT2D eigenvalue weighted by molar-refractivity contribution is 0.360. The molecule has 0 saturated heterocycles. The molecule has 11 rings (SSSR count). The van der Waals surface area contributed by atoms with E-state index in [4.69, 9.17) is 19.4 Å². The van der Waals surface area contributed by atoms with Gasteiger partial charge in [-0.05, 0) is 63.2 Å². The Morgan fingerprint density at radius 2 is 0.912 bits per heavy atom. The van der Waals surface area contributed by atoms with Gasteiger partial charge in [0.05, 0.1) is 16.8 Å². The number of benzene rings is 8. The second-order valence-corrected chi connectivity index (χ2v) is 14.4. The van der Waals surface area contributed by atoms with Crippen LogP contribution in [-0.2, 0) is 5.41 Å². The van der Waals surface area contributed by atoms with Gasteiger partial charge in [0.15, 0.2) is 28.8 Å². The van der Waals surface area contributed by atoms with Crippen molar-refractivity contribution >= 4 is 0 Å². The molecule has 0 unspecified atom stereocenters. The van der Waals surface area contributed by atoms with Gasteiger partial charge in [-0.1, -0.05) is 182 Å². The summed E-state index contributed by atoms with van der Waals surface area (Å²) in [6.07, 6.45) is 0. The first-order valence-electron chi connectivity index (χ1n) is 19.2. The van der Waals surface area contributed by atoms with Crippen molar-refractivity contribution in [2.45, 2.75) is 5.41 Å². The average Bonchev–Trinajstić information content (AvgIpc) is 3.61. The molecule has 0 N–H and O–H groups in total. The van der Waals surface area contributed by atoms with Crippen LogP contribution in [0, 0.1) is 0 Å². The van der Waals surface area contributed by atoms with Gasteiger partial charge in [0, 0.05) is 22.3 Å². The largest absolute Gasteiger partial charge is 0.449 e. The maximum absolute atomic E-state index is 7.05. The number of hydrogen-bond acceptors (Lipinski definition) is 4. The van der Waals surface area contributed by atoms with Crippen molar-refractivity contribution in [2.75, 3.05) is 0 Å². The lowest BCUT2D eigenvalue weighted by Gasteiger charge is -2.34. The van der Waals surface area contributed by atoms with E-state index < -0.39 is 5.41 Å². The zero-order valence-corrected chi connectivity index (χ0v) is 30.8. The maximum atomic E-state index is 7.05. The van der Waals surface area contributed by atoms with Crippen molar-refractivity contribution < 1.29 is 9.47 Å². The predicted molar refractivity (Wildman–Crippen MR) is 228 cm³/mol. The van der Waals surface area contributed by atoms with E-state index in [2.05, 4.69) is 164 Å². The van der Waals surface area contributed by atoms with E-state index in [9.17, 15) is 0 Å².